The average Bonchev–Trinajstić information content (AvgIpc) is 2.54. The van der Waals surface area contributed by atoms with Crippen molar-refractivity contribution in [1.82, 2.24) is 0 Å². The Morgan fingerprint density at radius 3 is 2.45 bits per heavy atom. The van der Waals surface area contributed by atoms with Gasteiger partial charge in [0.1, 0.15) is 0 Å². The fraction of sp³-hybridized carbons (Fsp3) is 0.450. The normalized spacial score (nSPS) is 10.8. The maximum atomic E-state index is 11.9. The number of hydrogen-bond donors (Lipinski definition) is 0. The molecule has 0 atom stereocenters. The summed E-state index contributed by atoms with van der Waals surface area (Å²) in [6, 6.07) is 14.3. The smallest absolute Gasteiger partial charge is 0.310 e. The predicted octanol–water partition coefficient (Wildman–Crippen LogP) is 5.29. The van der Waals surface area contributed by atoms with Gasteiger partial charge in [0.25, 0.3) is 0 Å². The molecule has 0 aliphatic rings. The molecule has 0 aromatic heterocycles. The van der Waals surface area contributed by atoms with E-state index in [1.54, 1.807) is 0 Å². The molecule has 2 aromatic carbocycles. The van der Waals surface area contributed by atoms with Gasteiger partial charge in [-0.1, -0.05) is 81.5 Å². The van der Waals surface area contributed by atoms with Gasteiger partial charge >= 0.3 is 5.97 Å². The minimum absolute atomic E-state index is 0.121. The third kappa shape index (κ3) is 5.51. The van der Waals surface area contributed by atoms with Gasteiger partial charge in [-0.15, -0.1) is 0 Å². The summed E-state index contributed by atoms with van der Waals surface area (Å²) >= 11 is 0. The van der Waals surface area contributed by atoms with Gasteiger partial charge in [0, 0.05) is 0 Å². The van der Waals surface area contributed by atoms with E-state index >= 15 is 0 Å². The number of esters is 1. The minimum atomic E-state index is -0.121. The lowest BCUT2D eigenvalue weighted by Crippen LogP contribution is -2.09. The summed E-state index contributed by atoms with van der Waals surface area (Å²) in [4.78, 5) is 11.9. The van der Waals surface area contributed by atoms with Crippen molar-refractivity contribution in [3.8, 4) is 0 Å². The van der Waals surface area contributed by atoms with Gasteiger partial charge < -0.3 is 4.74 Å². The monoisotopic (exact) mass is 298 g/mol. The van der Waals surface area contributed by atoms with Crippen LogP contribution in [-0.2, 0) is 16.0 Å². The van der Waals surface area contributed by atoms with E-state index in [4.69, 9.17) is 4.74 Å². The Labute approximate surface area is 133 Å². The number of rotatable bonds is 9. The summed E-state index contributed by atoms with van der Waals surface area (Å²) < 4.78 is 5.33. The standard InChI is InChI=1S/C20H26O2/c1-2-3-4-5-6-9-14-22-20(21)16-17-12-13-18-10-7-8-11-19(18)15-17/h7-8,10-13,15H,2-6,9,14,16H2,1H3. The molecule has 0 heterocycles. The molecule has 2 aromatic rings. The molecule has 2 rings (SSSR count). The fourth-order valence-electron chi connectivity index (χ4n) is 2.63. The van der Waals surface area contributed by atoms with E-state index in [1.165, 1.54) is 36.5 Å². The van der Waals surface area contributed by atoms with Crippen LogP contribution in [0.5, 0.6) is 0 Å². The number of fused-ring (bicyclic) bond motifs is 1. The molecule has 0 bridgehead atoms. The van der Waals surface area contributed by atoms with E-state index in [-0.39, 0.29) is 5.97 Å². The molecule has 0 aliphatic carbocycles. The molecule has 2 nitrogen and oxygen atoms in total. The molecular weight excluding hydrogens is 272 g/mol. The van der Waals surface area contributed by atoms with Crippen molar-refractivity contribution >= 4 is 16.7 Å². The molecule has 2 heteroatoms. The number of carbonyl (C=O) groups is 1. The maximum absolute atomic E-state index is 11.9. The van der Waals surface area contributed by atoms with Crippen LogP contribution in [0.2, 0.25) is 0 Å². The first kappa shape index (κ1) is 16.5. The summed E-state index contributed by atoms with van der Waals surface area (Å²) in [5.74, 6) is -0.121. The van der Waals surface area contributed by atoms with E-state index in [0.29, 0.717) is 13.0 Å². The molecule has 0 saturated carbocycles. The predicted molar refractivity (Wildman–Crippen MR) is 92.0 cm³/mol. The highest BCUT2D eigenvalue weighted by molar-refractivity contribution is 5.84. The third-order valence-electron chi connectivity index (χ3n) is 3.92. The molecule has 0 saturated heterocycles. The summed E-state index contributed by atoms with van der Waals surface area (Å²) in [6.45, 7) is 2.77. The first-order valence-electron chi connectivity index (χ1n) is 8.43. The van der Waals surface area contributed by atoms with Gasteiger partial charge in [-0.2, -0.15) is 0 Å². The SMILES string of the molecule is CCCCCCCCOC(=O)Cc1ccc2ccccc2c1. The molecular formula is C20H26O2. The molecule has 0 radical (unpaired) electrons. The van der Waals surface area contributed by atoms with Crippen molar-refractivity contribution in [3.63, 3.8) is 0 Å². The van der Waals surface area contributed by atoms with E-state index in [2.05, 4.69) is 31.2 Å². The van der Waals surface area contributed by atoms with Gasteiger partial charge in [0.05, 0.1) is 13.0 Å². The van der Waals surface area contributed by atoms with Crippen LogP contribution in [0.3, 0.4) is 0 Å². The molecule has 0 fully saturated rings. The van der Waals surface area contributed by atoms with Crippen LogP contribution in [0.15, 0.2) is 42.5 Å². The molecule has 118 valence electrons. The lowest BCUT2D eigenvalue weighted by molar-refractivity contribution is -0.142. The highest BCUT2D eigenvalue weighted by atomic mass is 16.5. The van der Waals surface area contributed by atoms with Crippen LogP contribution in [-0.4, -0.2) is 12.6 Å². The summed E-state index contributed by atoms with van der Waals surface area (Å²) in [5.41, 5.74) is 1.02. The summed E-state index contributed by atoms with van der Waals surface area (Å²) in [7, 11) is 0. The van der Waals surface area contributed by atoms with Crippen molar-refractivity contribution in [2.24, 2.45) is 0 Å². The number of benzene rings is 2. The number of ether oxygens (including phenoxy) is 1. The first-order chi connectivity index (χ1) is 10.8. The fourth-order valence-corrected chi connectivity index (χ4v) is 2.63. The Morgan fingerprint density at radius 2 is 1.64 bits per heavy atom. The maximum Gasteiger partial charge on any atom is 0.310 e. The second kappa shape index (κ2) is 9.24. The van der Waals surface area contributed by atoms with Crippen LogP contribution < -0.4 is 0 Å². The van der Waals surface area contributed by atoms with Crippen LogP contribution in [0.4, 0.5) is 0 Å². The molecule has 22 heavy (non-hydrogen) atoms. The minimum Gasteiger partial charge on any atom is -0.465 e. The number of hydrogen-bond acceptors (Lipinski definition) is 2. The lowest BCUT2D eigenvalue weighted by atomic mass is 10.1. The lowest BCUT2D eigenvalue weighted by Gasteiger charge is -2.06. The Balaban J connectivity index is 1.69. The van der Waals surface area contributed by atoms with Gasteiger partial charge in [-0.05, 0) is 22.8 Å². The number of carbonyl (C=O) groups excluding carboxylic acids is 1. The second-order valence-electron chi connectivity index (χ2n) is 5.85. The van der Waals surface area contributed by atoms with Crippen LogP contribution >= 0.6 is 0 Å². The van der Waals surface area contributed by atoms with Crippen molar-refractivity contribution in [3.05, 3.63) is 48.0 Å². The van der Waals surface area contributed by atoms with Gasteiger partial charge in [0.15, 0.2) is 0 Å². The van der Waals surface area contributed by atoms with E-state index in [1.807, 2.05) is 18.2 Å². The average molecular weight is 298 g/mol. The van der Waals surface area contributed by atoms with E-state index in [9.17, 15) is 4.79 Å². The van der Waals surface area contributed by atoms with Crippen LogP contribution in [0.25, 0.3) is 10.8 Å². The Morgan fingerprint density at radius 1 is 0.909 bits per heavy atom. The van der Waals surface area contributed by atoms with Gasteiger partial charge in [-0.25, -0.2) is 0 Å². The van der Waals surface area contributed by atoms with Gasteiger partial charge in [-0.3, -0.25) is 4.79 Å². The molecule has 0 N–H and O–H groups in total. The topological polar surface area (TPSA) is 26.3 Å². The third-order valence-corrected chi connectivity index (χ3v) is 3.92. The molecule has 0 spiro atoms. The van der Waals surface area contributed by atoms with E-state index < -0.39 is 0 Å². The Bertz CT molecular complexity index is 589. The highest BCUT2D eigenvalue weighted by Crippen LogP contribution is 2.16. The highest BCUT2D eigenvalue weighted by Gasteiger charge is 2.05. The quantitative estimate of drug-likeness (QED) is 0.464. The largest absolute Gasteiger partial charge is 0.465 e. The molecule has 0 unspecified atom stereocenters. The van der Waals surface area contributed by atoms with Crippen LogP contribution in [0, 0.1) is 0 Å². The summed E-state index contributed by atoms with van der Waals surface area (Å²) in [5, 5.41) is 2.37. The first-order valence-corrected chi connectivity index (χ1v) is 8.43. The zero-order valence-corrected chi connectivity index (χ0v) is 13.5. The summed E-state index contributed by atoms with van der Waals surface area (Å²) in [6.07, 6.45) is 7.61. The Kier molecular flexibility index (Phi) is 6.95. The van der Waals surface area contributed by atoms with Crippen molar-refractivity contribution < 1.29 is 9.53 Å². The van der Waals surface area contributed by atoms with Gasteiger partial charge in [0.2, 0.25) is 0 Å². The van der Waals surface area contributed by atoms with Crippen molar-refractivity contribution in [2.45, 2.75) is 51.9 Å². The molecule has 0 aliphatic heterocycles. The van der Waals surface area contributed by atoms with Crippen molar-refractivity contribution in [1.29, 1.82) is 0 Å². The van der Waals surface area contributed by atoms with Crippen LogP contribution in [0.1, 0.15) is 51.0 Å². The zero-order chi connectivity index (χ0) is 15.6. The zero-order valence-electron chi connectivity index (χ0n) is 13.5. The number of unbranched alkanes of at least 4 members (excludes halogenated alkanes) is 5. The Hall–Kier alpha value is -1.83. The molecule has 0 amide bonds. The van der Waals surface area contributed by atoms with Crippen molar-refractivity contribution in [2.75, 3.05) is 6.61 Å². The van der Waals surface area contributed by atoms with E-state index in [0.717, 1.165) is 18.4 Å². The second-order valence-corrected chi connectivity index (χ2v) is 5.85.